The molecule has 0 saturated heterocycles. The van der Waals surface area contributed by atoms with Crippen LogP contribution in [0.25, 0.3) is 0 Å². The minimum absolute atomic E-state index is 0.175. The highest BCUT2D eigenvalue weighted by Crippen LogP contribution is 2.23. The van der Waals surface area contributed by atoms with Crippen molar-refractivity contribution in [2.75, 3.05) is 32.5 Å². The van der Waals surface area contributed by atoms with Crippen molar-refractivity contribution in [1.82, 2.24) is 9.88 Å². The fourth-order valence-electron chi connectivity index (χ4n) is 1.74. The second kappa shape index (κ2) is 6.70. The standard InChI is InChI=1S/C15H25N3O2/c1-15(2,3)12-9-11(14(19)20)10-13(17-12)16-7-6-8-18(4)5/h9-10H,6-8H2,1-5H3,(H,16,17)(H,19,20). The minimum Gasteiger partial charge on any atom is -0.478 e. The van der Waals surface area contributed by atoms with Gasteiger partial charge in [-0.2, -0.15) is 0 Å². The predicted octanol–water partition coefficient (Wildman–Crippen LogP) is 2.44. The molecule has 0 atom stereocenters. The Hall–Kier alpha value is -1.62. The molecule has 1 rings (SSSR count). The van der Waals surface area contributed by atoms with E-state index in [-0.39, 0.29) is 11.0 Å². The summed E-state index contributed by atoms with van der Waals surface area (Å²) in [5, 5.41) is 12.4. The maximum absolute atomic E-state index is 11.2. The van der Waals surface area contributed by atoms with Gasteiger partial charge < -0.3 is 15.3 Å². The summed E-state index contributed by atoms with van der Waals surface area (Å²) in [6.45, 7) is 7.83. The molecule has 5 nitrogen and oxygen atoms in total. The number of nitrogens with one attached hydrogen (secondary N) is 1. The lowest BCUT2D eigenvalue weighted by Gasteiger charge is -2.19. The van der Waals surface area contributed by atoms with E-state index in [2.05, 4.69) is 15.2 Å². The smallest absolute Gasteiger partial charge is 0.335 e. The van der Waals surface area contributed by atoms with E-state index in [1.807, 2.05) is 34.9 Å². The lowest BCUT2D eigenvalue weighted by atomic mass is 9.91. The van der Waals surface area contributed by atoms with Crippen LogP contribution in [-0.4, -0.2) is 48.1 Å². The van der Waals surface area contributed by atoms with Crippen LogP contribution in [0, 0.1) is 0 Å². The van der Waals surface area contributed by atoms with Crippen molar-refractivity contribution in [3.05, 3.63) is 23.4 Å². The first kappa shape index (κ1) is 16.4. The Morgan fingerprint density at radius 2 is 2.00 bits per heavy atom. The quantitative estimate of drug-likeness (QED) is 0.783. The number of aromatic nitrogens is 1. The topological polar surface area (TPSA) is 65.5 Å². The molecule has 0 unspecified atom stereocenters. The Kier molecular flexibility index (Phi) is 5.51. The summed E-state index contributed by atoms with van der Waals surface area (Å²) in [5.74, 6) is -0.289. The number of hydrogen-bond acceptors (Lipinski definition) is 4. The number of hydrogen-bond donors (Lipinski definition) is 2. The third-order valence-corrected chi connectivity index (χ3v) is 2.93. The molecule has 0 saturated carbocycles. The van der Waals surface area contributed by atoms with Gasteiger partial charge in [-0.1, -0.05) is 20.8 Å². The lowest BCUT2D eigenvalue weighted by molar-refractivity contribution is 0.0696. The van der Waals surface area contributed by atoms with Crippen molar-refractivity contribution in [1.29, 1.82) is 0 Å². The molecule has 0 bridgehead atoms. The second-order valence-electron chi connectivity index (χ2n) is 6.27. The Balaban J connectivity index is 2.84. The van der Waals surface area contributed by atoms with Crippen molar-refractivity contribution in [3.8, 4) is 0 Å². The normalized spacial score (nSPS) is 11.7. The number of rotatable bonds is 6. The fourth-order valence-corrected chi connectivity index (χ4v) is 1.74. The average molecular weight is 279 g/mol. The van der Waals surface area contributed by atoms with Crippen molar-refractivity contribution in [2.24, 2.45) is 0 Å². The molecule has 0 spiro atoms. The molecule has 112 valence electrons. The Bertz CT molecular complexity index is 465. The molecule has 0 aliphatic heterocycles. The predicted molar refractivity (Wildman–Crippen MR) is 81.6 cm³/mol. The fraction of sp³-hybridized carbons (Fsp3) is 0.600. The SMILES string of the molecule is CN(C)CCCNc1cc(C(=O)O)cc(C(C)(C)C)n1. The molecular weight excluding hydrogens is 254 g/mol. The first-order chi connectivity index (χ1) is 9.20. The van der Waals surface area contributed by atoms with Crippen LogP contribution in [0.5, 0.6) is 0 Å². The average Bonchev–Trinajstić information content (AvgIpc) is 2.33. The third-order valence-electron chi connectivity index (χ3n) is 2.93. The molecule has 5 heteroatoms. The summed E-state index contributed by atoms with van der Waals surface area (Å²) in [7, 11) is 4.06. The van der Waals surface area contributed by atoms with Crippen molar-refractivity contribution in [3.63, 3.8) is 0 Å². The van der Waals surface area contributed by atoms with Crippen LogP contribution < -0.4 is 5.32 Å². The summed E-state index contributed by atoms with van der Waals surface area (Å²) in [4.78, 5) is 17.8. The van der Waals surface area contributed by atoms with E-state index in [1.165, 1.54) is 0 Å². The molecule has 2 N–H and O–H groups in total. The van der Waals surface area contributed by atoms with Crippen LogP contribution in [0.3, 0.4) is 0 Å². The summed E-state index contributed by atoms with van der Waals surface area (Å²) in [6.07, 6.45) is 0.983. The van der Waals surface area contributed by atoms with E-state index >= 15 is 0 Å². The van der Waals surface area contributed by atoms with Gasteiger partial charge in [0.05, 0.1) is 5.56 Å². The Morgan fingerprint density at radius 3 is 2.50 bits per heavy atom. The van der Waals surface area contributed by atoms with E-state index in [9.17, 15) is 9.90 Å². The van der Waals surface area contributed by atoms with Crippen LogP contribution in [0.4, 0.5) is 5.82 Å². The van der Waals surface area contributed by atoms with Gasteiger partial charge in [-0.25, -0.2) is 9.78 Å². The zero-order valence-corrected chi connectivity index (χ0v) is 13.0. The number of carboxylic acid groups (broad SMARTS) is 1. The summed E-state index contributed by atoms with van der Waals surface area (Å²) >= 11 is 0. The maximum atomic E-state index is 11.2. The second-order valence-corrected chi connectivity index (χ2v) is 6.27. The van der Waals surface area contributed by atoms with Gasteiger partial charge in [0.25, 0.3) is 0 Å². The number of aromatic carboxylic acids is 1. The first-order valence-electron chi connectivity index (χ1n) is 6.84. The van der Waals surface area contributed by atoms with E-state index in [0.29, 0.717) is 5.82 Å². The van der Waals surface area contributed by atoms with Crippen LogP contribution in [0.15, 0.2) is 12.1 Å². The number of pyridine rings is 1. The molecule has 0 amide bonds. The summed E-state index contributed by atoms with van der Waals surface area (Å²) in [5.41, 5.74) is 0.887. The van der Waals surface area contributed by atoms with E-state index in [0.717, 1.165) is 25.2 Å². The van der Waals surface area contributed by atoms with E-state index < -0.39 is 5.97 Å². The minimum atomic E-state index is -0.922. The van der Waals surface area contributed by atoms with Gasteiger partial charge in [0.15, 0.2) is 0 Å². The van der Waals surface area contributed by atoms with Gasteiger partial charge in [0.1, 0.15) is 5.82 Å². The van der Waals surface area contributed by atoms with Crippen LogP contribution in [0.1, 0.15) is 43.2 Å². The van der Waals surface area contributed by atoms with Crippen LogP contribution >= 0.6 is 0 Å². The largest absolute Gasteiger partial charge is 0.478 e. The van der Waals surface area contributed by atoms with Gasteiger partial charge in [0, 0.05) is 17.7 Å². The molecule has 20 heavy (non-hydrogen) atoms. The molecule has 0 fully saturated rings. The molecule has 1 aromatic heterocycles. The molecule has 1 heterocycles. The van der Waals surface area contributed by atoms with Gasteiger partial charge in [-0.05, 0) is 39.2 Å². The van der Waals surface area contributed by atoms with E-state index in [4.69, 9.17) is 0 Å². The zero-order valence-electron chi connectivity index (χ0n) is 13.0. The highest BCUT2D eigenvalue weighted by molar-refractivity contribution is 5.88. The maximum Gasteiger partial charge on any atom is 0.335 e. The lowest BCUT2D eigenvalue weighted by Crippen LogP contribution is -2.19. The highest BCUT2D eigenvalue weighted by atomic mass is 16.4. The number of carbonyl (C=O) groups is 1. The van der Waals surface area contributed by atoms with Crippen LogP contribution in [0.2, 0.25) is 0 Å². The van der Waals surface area contributed by atoms with Crippen LogP contribution in [-0.2, 0) is 5.41 Å². The Morgan fingerprint density at radius 1 is 1.35 bits per heavy atom. The monoisotopic (exact) mass is 279 g/mol. The third kappa shape index (κ3) is 5.17. The summed E-state index contributed by atoms with van der Waals surface area (Å²) in [6, 6.07) is 3.24. The molecule has 0 radical (unpaired) electrons. The van der Waals surface area contributed by atoms with Gasteiger partial charge in [-0.15, -0.1) is 0 Å². The molecular formula is C15H25N3O2. The highest BCUT2D eigenvalue weighted by Gasteiger charge is 2.18. The van der Waals surface area contributed by atoms with Gasteiger partial charge in [0.2, 0.25) is 0 Å². The summed E-state index contributed by atoms with van der Waals surface area (Å²) < 4.78 is 0. The number of nitrogens with zero attached hydrogens (tertiary/aromatic N) is 2. The van der Waals surface area contributed by atoms with Gasteiger partial charge in [-0.3, -0.25) is 0 Å². The number of carboxylic acids is 1. The van der Waals surface area contributed by atoms with Crippen molar-refractivity contribution in [2.45, 2.75) is 32.6 Å². The molecule has 0 aliphatic carbocycles. The molecule has 1 aromatic rings. The number of anilines is 1. The first-order valence-corrected chi connectivity index (χ1v) is 6.84. The molecule has 0 aliphatic rings. The molecule has 0 aromatic carbocycles. The van der Waals surface area contributed by atoms with E-state index in [1.54, 1.807) is 12.1 Å². The van der Waals surface area contributed by atoms with Crippen molar-refractivity contribution < 1.29 is 9.90 Å². The Labute approximate surface area is 121 Å². The zero-order chi connectivity index (χ0) is 15.3. The van der Waals surface area contributed by atoms with Gasteiger partial charge >= 0.3 is 5.97 Å². The van der Waals surface area contributed by atoms with Crippen molar-refractivity contribution >= 4 is 11.8 Å².